The van der Waals surface area contributed by atoms with Crippen LogP contribution in [0.1, 0.15) is 17.0 Å². The molecule has 4 nitrogen and oxygen atoms in total. The van der Waals surface area contributed by atoms with Crippen LogP contribution < -0.4 is 0 Å². The van der Waals surface area contributed by atoms with Gasteiger partial charge in [-0.15, -0.1) is 0 Å². The van der Waals surface area contributed by atoms with Gasteiger partial charge in [-0.3, -0.25) is 15.0 Å². The largest absolute Gasteiger partial charge is 0.292 e. The fraction of sp³-hybridized carbons (Fsp3) is 0.294. The monoisotopic (exact) mass is 352 g/mol. The van der Waals surface area contributed by atoms with Gasteiger partial charge in [0.25, 0.3) is 0 Å². The van der Waals surface area contributed by atoms with E-state index in [4.69, 9.17) is 11.6 Å². The van der Waals surface area contributed by atoms with Gasteiger partial charge in [0.1, 0.15) is 0 Å². The molecule has 2 atom stereocenters. The molecule has 1 saturated heterocycles. The summed E-state index contributed by atoms with van der Waals surface area (Å²) in [5.41, 5.74) is 1.32. The molecule has 1 fully saturated rings. The number of nitrogens with zero attached hydrogens (tertiary/aromatic N) is 2. The number of nitro groups is 1. The van der Waals surface area contributed by atoms with Crippen LogP contribution in [-0.4, -0.2) is 29.0 Å². The molecule has 0 saturated carbocycles. The first kappa shape index (κ1) is 16.8. The number of halogens is 3. The van der Waals surface area contributed by atoms with Crippen molar-refractivity contribution in [3.63, 3.8) is 0 Å². The zero-order chi connectivity index (χ0) is 17.3. The zero-order valence-electron chi connectivity index (χ0n) is 12.7. The van der Waals surface area contributed by atoms with Crippen molar-refractivity contribution in [2.45, 2.75) is 18.5 Å². The van der Waals surface area contributed by atoms with Gasteiger partial charge in [0.05, 0.1) is 12.5 Å². The van der Waals surface area contributed by atoms with E-state index in [-0.39, 0.29) is 22.1 Å². The van der Waals surface area contributed by atoms with Gasteiger partial charge in [0, 0.05) is 23.0 Å². The Morgan fingerprint density at radius 1 is 1.17 bits per heavy atom. The maximum atomic E-state index is 13.6. The van der Waals surface area contributed by atoms with Crippen LogP contribution in [0.4, 0.5) is 8.78 Å². The Labute approximate surface area is 142 Å². The first-order valence-electron chi connectivity index (χ1n) is 7.50. The lowest BCUT2D eigenvalue weighted by Crippen LogP contribution is -2.28. The van der Waals surface area contributed by atoms with Crippen LogP contribution in [0.5, 0.6) is 0 Å². The van der Waals surface area contributed by atoms with Gasteiger partial charge in [0.15, 0.2) is 11.6 Å². The highest BCUT2D eigenvalue weighted by molar-refractivity contribution is 6.31. The van der Waals surface area contributed by atoms with Crippen LogP contribution in [0.15, 0.2) is 42.5 Å². The normalized spacial score (nSPS) is 21.1. The van der Waals surface area contributed by atoms with E-state index in [2.05, 4.69) is 0 Å². The van der Waals surface area contributed by atoms with Gasteiger partial charge >= 0.3 is 0 Å². The highest BCUT2D eigenvalue weighted by atomic mass is 35.5. The molecule has 7 heteroatoms. The maximum absolute atomic E-state index is 13.6. The Hall–Kier alpha value is -2.05. The second kappa shape index (κ2) is 6.83. The molecule has 3 rings (SSSR count). The molecule has 1 aliphatic rings. The molecular weight excluding hydrogens is 338 g/mol. The minimum atomic E-state index is -1.06. The SMILES string of the molecule is O=[N+]([O-])C1CN(Cc2ccccc2)CC1c1cc(F)c(F)cc1Cl. The summed E-state index contributed by atoms with van der Waals surface area (Å²) >= 11 is 6.01. The molecule has 0 N–H and O–H groups in total. The Kier molecular flexibility index (Phi) is 4.78. The summed E-state index contributed by atoms with van der Waals surface area (Å²) in [5.74, 6) is -2.68. The van der Waals surface area contributed by atoms with E-state index in [0.29, 0.717) is 13.1 Å². The molecule has 126 valence electrons. The zero-order valence-corrected chi connectivity index (χ0v) is 13.4. The van der Waals surface area contributed by atoms with E-state index in [0.717, 1.165) is 17.7 Å². The lowest BCUT2D eigenvalue weighted by molar-refractivity contribution is -0.521. The molecule has 0 amide bonds. The summed E-state index contributed by atoms with van der Waals surface area (Å²) in [6, 6.07) is 10.5. The van der Waals surface area contributed by atoms with Gasteiger partial charge in [-0.1, -0.05) is 41.9 Å². The molecule has 24 heavy (non-hydrogen) atoms. The molecule has 2 aromatic carbocycles. The first-order chi connectivity index (χ1) is 11.5. The van der Waals surface area contributed by atoms with Crippen LogP contribution >= 0.6 is 11.6 Å². The molecular formula is C17H15ClF2N2O2. The first-order valence-corrected chi connectivity index (χ1v) is 7.87. The maximum Gasteiger partial charge on any atom is 0.233 e. The number of rotatable bonds is 4. The third-order valence-electron chi connectivity index (χ3n) is 4.32. The van der Waals surface area contributed by atoms with Crippen LogP contribution in [0.2, 0.25) is 5.02 Å². The smallest absolute Gasteiger partial charge is 0.233 e. The van der Waals surface area contributed by atoms with Gasteiger partial charge < -0.3 is 0 Å². The predicted molar refractivity (Wildman–Crippen MR) is 86.6 cm³/mol. The number of likely N-dealkylation sites (tertiary alicyclic amines) is 1. The van der Waals surface area contributed by atoms with E-state index in [1.54, 1.807) is 0 Å². The average molecular weight is 353 g/mol. The van der Waals surface area contributed by atoms with Gasteiger partial charge in [-0.25, -0.2) is 8.78 Å². The fourth-order valence-electron chi connectivity index (χ4n) is 3.18. The molecule has 1 aliphatic heterocycles. The molecule has 0 aliphatic carbocycles. The average Bonchev–Trinajstić information content (AvgIpc) is 2.96. The fourth-order valence-corrected chi connectivity index (χ4v) is 3.47. The van der Waals surface area contributed by atoms with Crippen molar-refractivity contribution in [2.75, 3.05) is 13.1 Å². The number of benzene rings is 2. The second-order valence-corrected chi connectivity index (χ2v) is 6.33. The highest BCUT2D eigenvalue weighted by Crippen LogP contribution is 2.35. The predicted octanol–water partition coefficient (Wildman–Crippen LogP) is 3.86. The van der Waals surface area contributed by atoms with Gasteiger partial charge in [-0.2, -0.15) is 0 Å². The lowest BCUT2D eigenvalue weighted by atomic mass is 9.94. The third kappa shape index (κ3) is 3.39. The Balaban J connectivity index is 1.86. The summed E-state index contributed by atoms with van der Waals surface area (Å²) in [4.78, 5) is 13.0. The number of hydrogen-bond donors (Lipinski definition) is 0. The van der Waals surface area contributed by atoms with Crippen molar-refractivity contribution < 1.29 is 13.7 Å². The van der Waals surface area contributed by atoms with Crippen molar-refractivity contribution >= 4 is 11.6 Å². The molecule has 1 heterocycles. The van der Waals surface area contributed by atoms with Crippen LogP contribution in [0.3, 0.4) is 0 Å². The van der Waals surface area contributed by atoms with E-state index < -0.39 is 23.6 Å². The summed E-state index contributed by atoms with van der Waals surface area (Å²) in [7, 11) is 0. The molecule has 0 radical (unpaired) electrons. The van der Waals surface area contributed by atoms with E-state index >= 15 is 0 Å². The van der Waals surface area contributed by atoms with E-state index in [9.17, 15) is 18.9 Å². The van der Waals surface area contributed by atoms with E-state index in [1.807, 2.05) is 35.2 Å². The standard InChI is InChI=1S/C17H15ClF2N2O2/c18-14-7-16(20)15(19)6-12(14)13-9-21(10-17(13)22(23)24)8-11-4-2-1-3-5-11/h1-7,13,17H,8-10H2. The summed E-state index contributed by atoms with van der Waals surface area (Å²) < 4.78 is 26.8. The minimum absolute atomic E-state index is 0.0207. The highest BCUT2D eigenvalue weighted by Gasteiger charge is 2.43. The summed E-state index contributed by atoms with van der Waals surface area (Å²) in [6.07, 6.45) is 0. The molecule has 2 unspecified atom stereocenters. The lowest BCUT2D eigenvalue weighted by Gasteiger charge is -2.16. The van der Waals surface area contributed by atoms with Gasteiger partial charge in [0.2, 0.25) is 6.04 Å². The quantitative estimate of drug-likeness (QED) is 0.477. The topological polar surface area (TPSA) is 46.4 Å². The van der Waals surface area contributed by atoms with Gasteiger partial charge in [-0.05, 0) is 23.3 Å². The third-order valence-corrected chi connectivity index (χ3v) is 4.65. The molecule has 2 aromatic rings. The second-order valence-electron chi connectivity index (χ2n) is 5.93. The van der Waals surface area contributed by atoms with Crippen molar-refractivity contribution in [3.8, 4) is 0 Å². The minimum Gasteiger partial charge on any atom is -0.292 e. The summed E-state index contributed by atoms with van der Waals surface area (Å²) in [5, 5.41) is 11.4. The van der Waals surface area contributed by atoms with Crippen LogP contribution in [-0.2, 0) is 6.54 Å². The molecule has 0 bridgehead atoms. The van der Waals surface area contributed by atoms with Crippen molar-refractivity contribution in [2.24, 2.45) is 0 Å². The summed E-state index contributed by atoms with van der Waals surface area (Å²) in [6.45, 7) is 1.16. The van der Waals surface area contributed by atoms with Crippen molar-refractivity contribution in [1.82, 2.24) is 4.90 Å². The van der Waals surface area contributed by atoms with E-state index in [1.165, 1.54) is 0 Å². The Morgan fingerprint density at radius 2 is 1.83 bits per heavy atom. The van der Waals surface area contributed by atoms with Crippen molar-refractivity contribution in [3.05, 3.63) is 80.4 Å². The Morgan fingerprint density at radius 3 is 2.50 bits per heavy atom. The molecule has 0 spiro atoms. The molecule has 0 aromatic heterocycles. The van der Waals surface area contributed by atoms with Crippen LogP contribution in [0.25, 0.3) is 0 Å². The van der Waals surface area contributed by atoms with Crippen LogP contribution in [0, 0.1) is 21.7 Å². The Bertz CT molecular complexity index is 758. The van der Waals surface area contributed by atoms with Crippen molar-refractivity contribution in [1.29, 1.82) is 0 Å². The number of hydrogen-bond acceptors (Lipinski definition) is 3.